The number of ether oxygens (including phenoxy) is 2. The molecule has 0 unspecified atom stereocenters. The molecule has 4 heterocycles. The number of aliphatic hydroxyl groups excluding tert-OH is 1. The van der Waals surface area contributed by atoms with Gasteiger partial charge in [-0.25, -0.2) is 0 Å². The van der Waals surface area contributed by atoms with Crippen molar-refractivity contribution >= 4 is 23.7 Å². The Kier molecular flexibility index (Phi) is 10.4. The van der Waals surface area contributed by atoms with Crippen LogP contribution in [-0.4, -0.2) is 101 Å². The van der Waals surface area contributed by atoms with E-state index in [2.05, 4.69) is 6.92 Å². The van der Waals surface area contributed by atoms with Gasteiger partial charge in [0.2, 0.25) is 17.7 Å². The van der Waals surface area contributed by atoms with Crippen LogP contribution in [0.4, 0.5) is 0 Å². The molecular weight excluding hydrogens is 574 g/mol. The van der Waals surface area contributed by atoms with E-state index in [0.29, 0.717) is 32.4 Å². The molecule has 5 rings (SSSR count). The second kappa shape index (κ2) is 14.3. The number of nitrogens with zero attached hydrogens (tertiary/aromatic N) is 3. The summed E-state index contributed by atoms with van der Waals surface area (Å²) in [5.41, 5.74) is -0.615. The fraction of sp³-hybridized carbons (Fsp3) is 0.600. The summed E-state index contributed by atoms with van der Waals surface area (Å²) in [7, 11) is 1.71. The predicted octanol–water partition coefficient (Wildman–Crippen LogP) is 3.41. The van der Waals surface area contributed by atoms with Gasteiger partial charge < -0.3 is 29.3 Å². The van der Waals surface area contributed by atoms with Gasteiger partial charge in [-0.1, -0.05) is 74.4 Å². The summed E-state index contributed by atoms with van der Waals surface area (Å²) in [6.07, 6.45) is 10.3. The van der Waals surface area contributed by atoms with Crippen LogP contribution in [0.15, 0.2) is 54.6 Å². The van der Waals surface area contributed by atoms with Crippen molar-refractivity contribution in [1.82, 2.24) is 14.7 Å². The number of amides is 3. The van der Waals surface area contributed by atoms with E-state index < -0.39 is 47.7 Å². The molecule has 0 bridgehead atoms. The SMILES string of the molecule is CCCCCN1CC=C[C@@]23O[C@H]4/C=C\CCC(=O)N(C)[C@@H](C)[C@H](c5ccccc5)OC(=O)[C@H]4[C@@H]2C(=O)N(CCCCO)[C@H]3C1=O. The third-order valence-electron chi connectivity index (χ3n) is 9.85. The molecule has 3 amide bonds. The first-order valence-electron chi connectivity index (χ1n) is 16.5. The number of hydrogen-bond acceptors (Lipinski definition) is 7. The molecule has 10 heteroatoms. The maximum Gasteiger partial charge on any atom is 0.313 e. The second-order valence-corrected chi connectivity index (χ2v) is 12.7. The molecule has 7 atom stereocenters. The first-order chi connectivity index (χ1) is 21.7. The standard InChI is InChI=1S/C35H47N3O7/c1-4-5-11-20-37-21-14-19-35-29(32(41)38(22-12-13-23-39)31(35)33(37)42)28-26(45-35)17-9-10-18-27(40)36(3)24(2)30(44-34(28)43)25-15-7-6-8-16-25/h6-9,14-17,19,24,26,28-31,39H,4-5,10-13,18,20-23H2,1-3H3/b17-9-/t24-,26-,28+,29+,30+,31-,35+/m0/s1. The van der Waals surface area contributed by atoms with Crippen LogP contribution in [-0.2, 0) is 28.7 Å². The summed E-state index contributed by atoms with van der Waals surface area (Å²) >= 11 is 0. The van der Waals surface area contributed by atoms with Crippen molar-refractivity contribution < 1.29 is 33.8 Å². The van der Waals surface area contributed by atoms with Crippen molar-refractivity contribution in [3.63, 3.8) is 0 Å². The van der Waals surface area contributed by atoms with Crippen molar-refractivity contribution in [3.8, 4) is 0 Å². The van der Waals surface area contributed by atoms with Crippen LogP contribution in [0, 0.1) is 11.8 Å². The van der Waals surface area contributed by atoms with Gasteiger partial charge in [-0.05, 0) is 38.2 Å². The highest BCUT2D eigenvalue weighted by Crippen LogP contribution is 2.53. The zero-order chi connectivity index (χ0) is 32.1. The average Bonchev–Trinajstić information content (AvgIpc) is 3.43. The molecule has 4 aliphatic heterocycles. The number of carbonyl (C=O) groups excluding carboxylic acids is 4. The Hall–Kier alpha value is -3.50. The van der Waals surface area contributed by atoms with E-state index in [1.54, 1.807) is 27.8 Å². The van der Waals surface area contributed by atoms with Crippen molar-refractivity contribution in [2.75, 3.05) is 33.3 Å². The normalized spacial score (nSPS) is 32.8. The lowest BCUT2D eigenvalue weighted by Gasteiger charge is -2.35. The smallest absolute Gasteiger partial charge is 0.313 e. The molecular formula is C35H47N3O7. The Labute approximate surface area is 266 Å². The Morgan fingerprint density at radius 1 is 0.978 bits per heavy atom. The number of rotatable bonds is 9. The van der Waals surface area contributed by atoms with Gasteiger partial charge in [-0.15, -0.1) is 0 Å². The highest BCUT2D eigenvalue weighted by Gasteiger charge is 2.71. The van der Waals surface area contributed by atoms with Gasteiger partial charge in [0.25, 0.3) is 0 Å². The zero-order valence-corrected chi connectivity index (χ0v) is 26.7. The van der Waals surface area contributed by atoms with E-state index in [9.17, 15) is 24.3 Å². The number of allylic oxidation sites excluding steroid dienone is 1. The topological polar surface area (TPSA) is 117 Å². The Morgan fingerprint density at radius 3 is 2.47 bits per heavy atom. The van der Waals surface area contributed by atoms with Crippen LogP contribution < -0.4 is 0 Å². The van der Waals surface area contributed by atoms with Gasteiger partial charge in [0.1, 0.15) is 23.7 Å². The zero-order valence-electron chi connectivity index (χ0n) is 26.7. The minimum absolute atomic E-state index is 0.0212. The number of carbonyl (C=O) groups is 4. The first kappa shape index (κ1) is 32.9. The molecule has 0 aromatic heterocycles. The highest BCUT2D eigenvalue weighted by molar-refractivity contribution is 5.99. The first-order valence-corrected chi connectivity index (χ1v) is 16.5. The fourth-order valence-corrected chi connectivity index (χ4v) is 7.32. The Balaban J connectivity index is 1.56. The van der Waals surface area contributed by atoms with Crippen LogP contribution in [0.25, 0.3) is 0 Å². The monoisotopic (exact) mass is 621 g/mol. The van der Waals surface area contributed by atoms with Crippen molar-refractivity contribution in [2.45, 2.75) is 88.7 Å². The van der Waals surface area contributed by atoms with Crippen LogP contribution in [0.3, 0.4) is 0 Å². The molecule has 1 N–H and O–H groups in total. The molecule has 45 heavy (non-hydrogen) atoms. The second-order valence-electron chi connectivity index (χ2n) is 12.7. The summed E-state index contributed by atoms with van der Waals surface area (Å²) in [6.45, 7) is 5.18. The maximum atomic E-state index is 14.4. The van der Waals surface area contributed by atoms with Crippen molar-refractivity contribution in [3.05, 3.63) is 60.2 Å². The molecule has 2 saturated heterocycles. The Bertz CT molecular complexity index is 1300. The summed E-state index contributed by atoms with van der Waals surface area (Å²) in [5, 5.41) is 9.47. The molecule has 1 aromatic rings. The van der Waals surface area contributed by atoms with Gasteiger partial charge in [0, 0.05) is 39.7 Å². The lowest BCUT2D eigenvalue weighted by Crippen LogP contribution is -2.55. The molecule has 2 fully saturated rings. The van der Waals surface area contributed by atoms with E-state index in [1.165, 1.54) is 0 Å². The highest BCUT2D eigenvalue weighted by atomic mass is 16.6. The number of cyclic esters (lactones) is 1. The third kappa shape index (κ3) is 6.31. The molecule has 244 valence electrons. The third-order valence-corrected chi connectivity index (χ3v) is 9.85. The summed E-state index contributed by atoms with van der Waals surface area (Å²) < 4.78 is 13.1. The molecule has 0 saturated carbocycles. The number of likely N-dealkylation sites (N-methyl/N-ethyl adjacent to an activating group) is 1. The summed E-state index contributed by atoms with van der Waals surface area (Å²) in [4.78, 5) is 61.2. The number of hydrogen-bond donors (Lipinski definition) is 1. The summed E-state index contributed by atoms with van der Waals surface area (Å²) in [5.74, 6) is -3.13. The van der Waals surface area contributed by atoms with Gasteiger partial charge in [0.05, 0.1) is 18.1 Å². The maximum absolute atomic E-state index is 14.4. The van der Waals surface area contributed by atoms with E-state index in [-0.39, 0.29) is 37.3 Å². The summed E-state index contributed by atoms with van der Waals surface area (Å²) in [6, 6.07) is 7.91. The quantitative estimate of drug-likeness (QED) is 0.255. The van der Waals surface area contributed by atoms with Gasteiger partial charge in [0.15, 0.2) is 0 Å². The minimum atomic E-state index is -1.35. The molecule has 1 spiro atoms. The van der Waals surface area contributed by atoms with E-state index in [1.807, 2.05) is 55.5 Å². The van der Waals surface area contributed by atoms with Crippen LogP contribution >= 0.6 is 0 Å². The molecule has 10 nitrogen and oxygen atoms in total. The number of unbranched alkanes of at least 4 members (excludes halogenated alkanes) is 3. The lowest BCUT2D eigenvalue weighted by molar-refractivity contribution is -0.164. The van der Waals surface area contributed by atoms with Crippen LogP contribution in [0.2, 0.25) is 0 Å². The van der Waals surface area contributed by atoms with Crippen LogP contribution in [0.1, 0.15) is 70.5 Å². The molecule has 1 aromatic carbocycles. The average molecular weight is 622 g/mol. The largest absolute Gasteiger partial charge is 0.455 e. The van der Waals surface area contributed by atoms with Gasteiger partial charge in [-0.2, -0.15) is 0 Å². The number of fused-ring (bicyclic) bond motifs is 2. The Morgan fingerprint density at radius 2 is 1.73 bits per heavy atom. The number of likely N-dealkylation sites (tertiary alicyclic amines) is 1. The van der Waals surface area contributed by atoms with E-state index >= 15 is 0 Å². The van der Waals surface area contributed by atoms with Gasteiger partial charge in [-0.3, -0.25) is 19.2 Å². The molecule has 0 radical (unpaired) electrons. The van der Waals surface area contributed by atoms with Crippen LogP contribution in [0.5, 0.6) is 0 Å². The number of esters is 1. The lowest BCUT2D eigenvalue weighted by atomic mass is 9.77. The molecule has 4 aliphatic rings. The number of aliphatic hydroxyl groups is 1. The van der Waals surface area contributed by atoms with Crippen molar-refractivity contribution in [2.24, 2.45) is 11.8 Å². The minimum Gasteiger partial charge on any atom is -0.455 e. The fourth-order valence-electron chi connectivity index (χ4n) is 7.32. The predicted molar refractivity (Wildman–Crippen MR) is 168 cm³/mol. The number of benzene rings is 1. The van der Waals surface area contributed by atoms with E-state index in [4.69, 9.17) is 9.47 Å². The van der Waals surface area contributed by atoms with Crippen molar-refractivity contribution in [1.29, 1.82) is 0 Å². The van der Waals surface area contributed by atoms with Gasteiger partial charge >= 0.3 is 5.97 Å². The molecule has 0 aliphatic carbocycles. The van der Waals surface area contributed by atoms with E-state index in [0.717, 1.165) is 24.8 Å².